The molecule has 2 aromatic rings. The quantitative estimate of drug-likeness (QED) is 0.886. The SMILES string of the molecule is CCCn1ccnc1NC(C)c1nc(C)cs1. The molecule has 1 unspecified atom stereocenters. The third-order valence-corrected chi connectivity index (χ3v) is 3.68. The normalized spacial score (nSPS) is 12.6. The van der Waals surface area contributed by atoms with Crippen LogP contribution in [0.3, 0.4) is 0 Å². The second kappa shape index (κ2) is 5.31. The molecule has 0 aromatic carbocycles. The Balaban J connectivity index is 2.07. The van der Waals surface area contributed by atoms with E-state index in [2.05, 4.69) is 39.1 Å². The van der Waals surface area contributed by atoms with Gasteiger partial charge in [0.25, 0.3) is 0 Å². The fourth-order valence-corrected chi connectivity index (χ4v) is 2.50. The van der Waals surface area contributed by atoms with Crippen LogP contribution < -0.4 is 5.32 Å². The molecule has 0 bridgehead atoms. The highest BCUT2D eigenvalue weighted by molar-refractivity contribution is 7.09. The van der Waals surface area contributed by atoms with Gasteiger partial charge in [0.05, 0.1) is 6.04 Å². The third kappa shape index (κ3) is 2.85. The number of imidazole rings is 1. The van der Waals surface area contributed by atoms with Gasteiger partial charge < -0.3 is 9.88 Å². The molecule has 4 nitrogen and oxygen atoms in total. The van der Waals surface area contributed by atoms with E-state index in [0.717, 1.165) is 29.6 Å². The number of aryl methyl sites for hydroxylation is 2. The van der Waals surface area contributed by atoms with Gasteiger partial charge in [0, 0.05) is 30.0 Å². The van der Waals surface area contributed by atoms with Crippen molar-refractivity contribution in [3.8, 4) is 0 Å². The van der Waals surface area contributed by atoms with E-state index in [-0.39, 0.29) is 6.04 Å². The first-order chi connectivity index (χ1) is 8.20. The predicted molar refractivity (Wildman–Crippen MR) is 71.4 cm³/mol. The monoisotopic (exact) mass is 250 g/mol. The van der Waals surface area contributed by atoms with Gasteiger partial charge in [0.2, 0.25) is 5.95 Å². The van der Waals surface area contributed by atoms with E-state index < -0.39 is 0 Å². The van der Waals surface area contributed by atoms with Crippen molar-refractivity contribution in [2.75, 3.05) is 5.32 Å². The van der Waals surface area contributed by atoms with Crippen LogP contribution in [0.1, 0.15) is 37.0 Å². The topological polar surface area (TPSA) is 42.7 Å². The Morgan fingerprint density at radius 2 is 2.35 bits per heavy atom. The van der Waals surface area contributed by atoms with Crippen LogP contribution in [0.2, 0.25) is 0 Å². The number of anilines is 1. The molecule has 0 spiro atoms. The molecular weight excluding hydrogens is 232 g/mol. The summed E-state index contributed by atoms with van der Waals surface area (Å²) >= 11 is 1.69. The fraction of sp³-hybridized carbons (Fsp3) is 0.500. The Labute approximate surface area is 106 Å². The molecular formula is C12H18N4S. The molecule has 0 radical (unpaired) electrons. The van der Waals surface area contributed by atoms with Crippen molar-refractivity contribution in [2.24, 2.45) is 0 Å². The molecule has 1 N–H and O–H groups in total. The summed E-state index contributed by atoms with van der Waals surface area (Å²) < 4.78 is 2.14. The molecule has 0 aliphatic carbocycles. The smallest absolute Gasteiger partial charge is 0.203 e. The first kappa shape index (κ1) is 12.1. The minimum Gasteiger partial charge on any atom is -0.347 e. The van der Waals surface area contributed by atoms with Gasteiger partial charge in [-0.2, -0.15) is 0 Å². The maximum absolute atomic E-state index is 4.49. The summed E-state index contributed by atoms with van der Waals surface area (Å²) in [5, 5.41) is 6.59. The highest BCUT2D eigenvalue weighted by Crippen LogP contribution is 2.21. The Bertz CT molecular complexity index is 474. The molecule has 0 amide bonds. The van der Waals surface area contributed by atoms with Crippen molar-refractivity contribution in [3.05, 3.63) is 28.5 Å². The fourth-order valence-electron chi connectivity index (χ4n) is 1.70. The number of nitrogens with one attached hydrogen (secondary N) is 1. The van der Waals surface area contributed by atoms with Gasteiger partial charge in [-0.25, -0.2) is 9.97 Å². The molecule has 17 heavy (non-hydrogen) atoms. The van der Waals surface area contributed by atoms with Crippen molar-refractivity contribution in [1.29, 1.82) is 0 Å². The van der Waals surface area contributed by atoms with Gasteiger partial charge in [-0.05, 0) is 20.3 Å². The zero-order chi connectivity index (χ0) is 12.3. The lowest BCUT2D eigenvalue weighted by molar-refractivity contribution is 0.674. The van der Waals surface area contributed by atoms with Crippen LogP contribution in [-0.2, 0) is 6.54 Å². The molecule has 0 saturated carbocycles. The molecule has 5 heteroatoms. The first-order valence-electron chi connectivity index (χ1n) is 5.90. The Hall–Kier alpha value is -1.36. The van der Waals surface area contributed by atoms with Crippen LogP contribution in [-0.4, -0.2) is 14.5 Å². The average molecular weight is 250 g/mol. The zero-order valence-corrected chi connectivity index (χ0v) is 11.3. The Morgan fingerprint density at radius 1 is 1.53 bits per heavy atom. The van der Waals surface area contributed by atoms with Gasteiger partial charge in [-0.15, -0.1) is 11.3 Å². The maximum atomic E-state index is 4.49. The molecule has 0 fully saturated rings. The average Bonchev–Trinajstić information content (AvgIpc) is 2.89. The summed E-state index contributed by atoms with van der Waals surface area (Å²) in [6.07, 6.45) is 4.94. The first-order valence-corrected chi connectivity index (χ1v) is 6.78. The van der Waals surface area contributed by atoms with Crippen LogP contribution in [0.25, 0.3) is 0 Å². The standard InChI is InChI=1S/C12H18N4S/c1-4-6-16-7-5-13-12(16)15-10(3)11-14-9(2)8-17-11/h5,7-8,10H,4,6H2,1-3H3,(H,13,15). The van der Waals surface area contributed by atoms with Gasteiger partial charge in [-0.1, -0.05) is 6.92 Å². The predicted octanol–water partition coefficient (Wildman–Crippen LogP) is 3.23. The summed E-state index contributed by atoms with van der Waals surface area (Å²) in [5.74, 6) is 0.923. The van der Waals surface area contributed by atoms with Crippen molar-refractivity contribution in [3.63, 3.8) is 0 Å². The van der Waals surface area contributed by atoms with Gasteiger partial charge in [0.15, 0.2) is 0 Å². The number of nitrogens with zero attached hydrogens (tertiary/aromatic N) is 3. The van der Waals surface area contributed by atoms with Crippen LogP contribution in [0.15, 0.2) is 17.8 Å². The highest BCUT2D eigenvalue weighted by Gasteiger charge is 2.11. The van der Waals surface area contributed by atoms with E-state index in [1.54, 1.807) is 11.3 Å². The van der Waals surface area contributed by atoms with Gasteiger partial charge in [-0.3, -0.25) is 0 Å². The van der Waals surface area contributed by atoms with Crippen molar-refractivity contribution in [1.82, 2.24) is 14.5 Å². The number of aromatic nitrogens is 3. The lowest BCUT2D eigenvalue weighted by Gasteiger charge is -2.13. The zero-order valence-electron chi connectivity index (χ0n) is 10.5. The molecule has 92 valence electrons. The molecule has 2 aromatic heterocycles. The van der Waals surface area contributed by atoms with Crippen molar-refractivity contribution < 1.29 is 0 Å². The number of rotatable bonds is 5. The number of hydrogen-bond donors (Lipinski definition) is 1. The molecule has 0 saturated heterocycles. The Kier molecular flexibility index (Phi) is 3.78. The van der Waals surface area contributed by atoms with E-state index >= 15 is 0 Å². The molecule has 2 rings (SSSR count). The van der Waals surface area contributed by atoms with E-state index in [0.29, 0.717) is 0 Å². The lowest BCUT2D eigenvalue weighted by Crippen LogP contribution is -2.11. The van der Waals surface area contributed by atoms with Crippen molar-refractivity contribution >= 4 is 17.3 Å². The second-order valence-electron chi connectivity index (χ2n) is 4.14. The largest absolute Gasteiger partial charge is 0.347 e. The summed E-state index contributed by atoms with van der Waals surface area (Å²) in [7, 11) is 0. The number of thiazole rings is 1. The molecule has 1 atom stereocenters. The summed E-state index contributed by atoms with van der Waals surface area (Å²) in [4.78, 5) is 8.82. The summed E-state index contributed by atoms with van der Waals surface area (Å²) in [6, 6.07) is 0.201. The lowest BCUT2D eigenvalue weighted by atomic mass is 10.3. The minimum absolute atomic E-state index is 0.201. The number of hydrogen-bond acceptors (Lipinski definition) is 4. The van der Waals surface area contributed by atoms with E-state index in [1.807, 2.05) is 19.3 Å². The summed E-state index contributed by atoms with van der Waals surface area (Å²) in [6.45, 7) is 7.29. The van der Waals surface area contributed by atoms with Crippen molar-refractivity contribution in [2.45, 2.75) is 39.8 Å². The third-order valence-electron chi connectivity index (χ3n) is 2.53. The van der Waals surface area contributed by atoms with E-state index in [9.17, 15) is 0 Å². The van der Waals surface area contributed by atoms with Gasteiger partial charge in [0.1, 0.15) is 5.01 Å². The molecule has 2 heterocycles. The van der Waals surface area contributed by atoms with Crippen LogP contribution in [0.5, 0.6) is 0 Å². The second-order valence-corrected chi connectivity index (χ2v) is 5.03. The van der Waals surface area contributed by atoms with Crippen LogP contribution in [0.4, 0.5) is 5.95 Å². The van der Waals surface area contributed by atoms with E-state index in [1.165, 1.54) is 0 Å². The molecule has 0 aliphatic heterocycles. The summed E-state index contributed by atoms with van der Waals surface area (Å²) in [5.41, 5.74) is 1.08. The maximum Gasteiger partial charge on any atom is 0.203 e. The van der Waals surface area contributed by atoms with E-state index in [4.69, 9.17) is 0 Å². The Morgan fingerprint density at radius 3 is 3.00 bits per heavy atom. The van der Waals surface area contributed by atoms with Gasteiger partial charge >= 0.3 is 0 Å². The minimum atomic E-state index is 0.201. The van der Waals surface area contributed by atoms with Crippen LogP contribution in [0, 0.1) is 6.92 Å². The highest BCUT2D eigenvalue weighted by atomic mass is 32.1. The molecule has 0 aliphatic rings. The van der Waals surface area contributed by atoms with Crippen LogP contribution >= 0.6 is 11.3 Å².